The summed E-state index contributed by atoms with van der Waals surface area (Å²) in [6, 6.07) is 0.563. The number of rotatable bonds is 4. The number of amides is 1. The fourth-order valence-electron chi connectivity index (χ4n) is 2.91. The molecule has 0 spiro atoms. The van der Waals surface area contributed by atoms with E-state index in [1.54, 1.807) is 0 Å². The van der Waals surface area contributed by atoms with Gasteiger partial charge in [0.15, 0.2) is 0 Å². The Kier molecular flexibility index (Phi) is 4.05. The molecule has 0 aliphatic carbocycles. The van der Waals surface area contributed by atoms with Gasteiger partial charge in [-0.25, -0.2) is 0 Å². The van der Waals surface area contributed by atoms with Crippen molar-refractivity contribution in [1.82, 2.24) is 15.1 Å². The van der Waals surface area contributed by atoms with Crippen molar-refractivity contribution in [3.8, 4) is 0 Å². The van der Waals surface area contributed by atoms with Crippen molar-refractivity contribution >= 4 is 5.91 Å². The summed E-state index contributed by atoms with van der Waals surface area (Å²) in [5, 5.41) is 3.33. The van der Waals surface area contributed by atoms with Gasteiger partial charge in [0.05, 0.1) is 12.7 Å². The van der Waals surface area contributed by atoms with Gasteiger partial charge < -0.3 is 9.80 Å². The molecule has 4 heteroatoms. The average Bonchev–Trinajstić information content (AvgIpc) is 2.79. The van der Waals surface area contributed by atoms with Gasteiger partial charge in [-0.15, -0.1) is 0 Å². The zero-order chi connectivity index (χ0) is 12.4. The van der Waals surface area contributed by atoms with Gasteiger partial charge in [-0.1, -0.05) is 13.8 Å². The van der Waals surface area contributed by atoms with E-state index in [9.17, 15) is 4.79 Å². The summed E-state index contributed by atoms with van der Waals surface area (Å²) >= 11 is 0. The molecule has 1 N–H and O–H groups in total. The van der Waals surface area contributed by atoms with Crippen molar-refractivity contribution in [2.45, 2.75) is 45.3 Å². The van der Waals surface area contributed by atoms with Crippen LogP contribution in [0.25, 0.3) is 0 Å². The smallest absolute Gasteiger partial charge is 0.237 e. The van der Waals surface area contributed by atoms with Crippen molar-refractivity contribution in [2.75, 3.05) is 26.7 Å². The Morgan fingerprint density at radius 3 is 2.82 bits per heavy atom. The zero-order valence-electron chi connectivity index (χ0n) is 11.3. The molecule has 2 aliphatic rings. The van der Waals surface area contributed by atoms with Crippen LogP contribution in [-0.2, 0) is 4.79 Å². The molecule has 2 atom stereocenters. The number of carbonyl (C=O) groups is 1. The summed E-state index contributed by atoms with van der Waals surface area (Å²) in [5.41, 5.74) is 0. The predicted octanol–water partition coefficient (Wildman–Crippen LogP) is 0.885. The second kappa shape index (κ2) is 5.36. The molecular weight excluding hydrogens is 214 g/mol. The predicted molar refractivity (Wildman–Crippen MR) is 68.6 cm³/mol. The Balaban J connectivity index is 1.94. The van der Waals surface area contributed by atoms with Crippen molar-refractivity contribution in [1.29, 1.82) is 0 Å². The lowest BCUT2D eigenvalue weighted by atomic mass is 10.1. The lowest BCUT2D eigenvalue weighted by Gasteiger charge is -2.30. The van der Waals surface area contributed by atoms with Crippen LogP contribution in [0.5, 0.6) is 0 Å². The van der Waals surface area contributed by atoms with Crippen molar-refractivity contribution in [3.05, 3.63) is 0 Å². The topological polar surface area (TPSA) is 35.6 Å². The summed E-state index contributed by atoms with van der Waals surface area (Å²) < 4.78 is 0. The molecule has 0 bridgehead atoms. The summed E-state index contributed by atoms with van der Waals surface area (Å²) in [5.74, 6) is 0.901. The number of hydrogen-bond acceptors (Lipinski definition) is 3. The Labute approximate surface area is 104 Å². The summed E-state index contributed by atoms with van der Waals surface area (Å²) in [4.78, 5) is 16.4. The second-order valence-corrected chi connectivity index (χ2v) is 5.85. The third-order valence-corrected chi connectivity index (χ3v) is 3.96. The molecule has 1 amide bonds. The zero-order valence-corrected chi connectivity index (χ0v) is 11.3. The second-order valence-electron chi connectivity index (χ2n) is 5.85. The highest BCUT2D eigenvalue weighted by atomic mass is 16.2. The van der Waals surface area contributed by atoms with Gasteiger partial charge in [-0.2, -0.15) is 0 Å². The van der Waals surface area contributed by atoms with E-state index in [2.05, 4.69) is 36.0 Å². The number of carbonyl (C=O) groups excluding carboxylic acids is 1. The molecule has 0 aromatic carbocycles. The van der Waals surface area contributed by atoms with Crippen LogP contribution < -0.4 is 5.32 Å². The van der Waals surface area contributed by atoms with Crippen LogP contribution in [0, 0.1) is 5.92 Å². The Morgan fingerprint density at radius 2 is 2.24 bits per heavy atom. The fraction of sp³-hybridized carbons (Fsp3) is 0.923. The first-order valence-corrected chi connectivity index (χ1v) is 6.81. The minimum Gasteiger partial charge on any atom is -0.324 e. The Hall–Kier alpha value is -0.610. The van der Waals surface area contributed by atoms with Gasteiger partial charge in [0.2, 0.25) is 5.91 Å². The lowest BCUT2D eigenvalue weighted by molar-refractivity contribution is -0.128. The molecule has 2 aliphatic heterocycles. The van der Waals surface area contributed by atoms with Crippen molar-refractivity contribution < 1.29 is 4.79 Å². The van der Waals surface area contributed by atoms with E-state index in [0.29, 0.717) is 18.5 Å². The maximum atomic E-state index is 11.9. The van der Waals surface area contributed by atoms with E-state index in [1.807, 2.05) is 0 Å². The minimum atomic E-state index is 0.261. The van der Waals surface area contributed by atoms with Gasteiger partial charge in [-0.05, 0) is 38.8 Å². The largest absolute Gasteiger partial charge is 0.324 e. The summed E-state index contributed by atoms with van der Waals surface area (Å²) in [6.45, 7) is 7.03. The number of nitrogens with one attached hydrogen (secondary N) is 1. The maximum absolute atomic E-state index is 11.9. The first-order valence-electron chi connectivity index (χ1n) is 6.81. The fourth-order valence-corrected chi connectivity index (χ4v) is 2.91. The third kappa shape index (κ3) is 2.99. The van der Waals surface area contributed by atoms with Crippen LogP contribution in [0.2, 0.25) is 0 Å². The van der Waals surface area contributed by atoms with Gasteiger partial charge in [0, 0.05) is 12.6 Å². The van der Waals surface area contributed by atoms with Crippen molar-refractivity contribution in [2.24, 2.45) is 5.92 Å². The molecule has 2 heterocycles. The molecule has 0 radical (unpaired) electrons. The molecule has 2 unspecified atom stereocenters. The number of nitrogens with zero attached hydrogens (tertiary/aromatic N) is 2. The van der Waals surface area contributed by atoms with E-state index in [4.69, 9.17) is 0 Å². The molecule has 98 valence electrons. The van der Waals surface area contributed by atoms with E-state index in [-0.39, 0.29) is 12.1 Å². The Morgan fingerprint density at radius 1 is 1.47 bits per heavy atom. The van der Waals surface area contributed by atoms with E-state index in [0.717, 1.165) is 13.0 Å². The number of likely N-dealkylation sites (N-methyl/N-ethyl adjacent to an activating group) is 1. The van der Waals surface area contributed by atoms with Crippen LogP contribution in [0.4, 0.5) is 0 Å². The highest BCUT2D eigenvalue weighted by Gasteiger charge is 2.34. The SMILES string of the molecule is CC(C)CC1NCC(=O)N1CC1CCCN1C. The van der Waals surface area contributed by atoms with Crippen molar-refractivity contribution in [3.63, 3.8) is 0 Å². The first kappa shape index (κ1) is 12.8. The maximum Gasteiger partial charge on any atom is 0.237 e. The van der Waals surface area contributed by atoms with Crippen LogP contribution >= 0.6 is 0 Å². The molecule has 2 rings (SSSR count). The van der Waals surface area contributed by atoms with Gasteiger partial charge in [-0.3, -0.25) is 10.1 Å². The summed E-state index contributed by atoms with van der Waals surface area (Å²) in [7, 11) is 2.17. The minimum absolute atomic E-state index is 0.261. The molecule has 2 saturated heterocycles. The standard InChI is InChI=1S/C13H25N3O/c1-10(2)7-12-14-8-13(17)16(12)9-11-5-4-6-15(11)3/h10-12,14H,4-9H2,1-3H3. The van der Waals surface area contributed by atoms with Gasteiger partial charge in [0.1, 0.15) is 0 Å². The molecular formula is C13H25N3O. The number of hydrogen-bond donors (Lipinski definition) is 1. The average molecular weight is 239 g/mol. The lowest BCUT2D eigenvalue weighted by Crippen LogP contribution is -2.45. The van der Waals surface area contributed by atoms with Gasteiger partial charge in [0.25, 0.3) is 0 Å². The van der Waals surface area contributed by atoms with E-state index < -0.39 is 0 Å². The van der Waals surface area contributed by atoms with E-state index >= 15 is 0 Å². The molecule has 0 saturated carbocycles. The highest BCUT2D eigenvalue weighted by Crippen LogP contribution is 2.20. The van der Waals surface area contributed by atoms with Crippen LogP contribution in [0.15, 0.2) is 0 Å². The van der Waals surface area contributed by atoms with Crippen LogP contribution in [-0.4, -0.2) is 54.6 Å². The highest BCUT2D eigenvalue weighted by molar-refractivity contribution is 5.80. The number of likely N-dealkylation sites (tertiary alicyclic amines) is 1. The molecule has 2 fully saturated rings. The quantitative estimate of drug-likeness (QED) is 0.791. The Bertz CT molecular complexity index is 280. The molecule has 0 aromatic rings. The summed E-state index contributed by atoms with van der Waals surface area (Å²) in [6.07, 6.45) is 3.82. The van der Waals surface area contributed by atoms with Crippen LogP contribution in [0.3, 0.4) is 0 Å². The molecule has 17 heavy (non-hydrogen) atoms. The molecule has 0 aromatic heterocycles. The normalized spacial score (nSPS) is 30.8. The third-order valence-electron chi connectivity index (χ3n) is 3.96. The van der Waals surface area contributed by atoms with Crippen LogP contribution in [0.1, 0.15) is 33.1 Å². The van der Waals surface area contributed by atoms with E-state index in [1.165, 1.54) is 19.4 Å². The van der Waals surface area contributed by atoms with Gasteiger partial charge >= 0.3 is 0 Å². The molecule has 4 nitrogen and oxygen atoms in total. The first-order chi connectivity index (χ1) is 8.08. The monoisotopic (exact) mass is 239 g/mol.